The molecule has 0 aromatic carbocycles. The molecule has 0 bridgehead atoms. The molecule has 0 N–H and O–H groups in total. The van der Waals surface area contributed by atoms with Crippen LogP contribution in [0.3, 0.4) is 0 Å². The third-order valence-electron chi connectivity index (χ3n) is 5.06. The molecule has 0 amide bonds. The maximum absolute atomic E-state index is 2.77. The van der Waals surface area contributed by atoms with Crippen LogP contribution >= 0.6 is 0 Å². The van der Waals surface area contributed by atoms with E-state index in [1.165, 1.54) is 6.54 Å². The van der Waals surface area contributed by atoms with Gasteiger partial charge in [-0.3, -0.25) is 4.90 Å². The first-order chi connectivity index (χ1) is 6.58. The van der Waals surface area contributed by atoms with Gasteiger partial charge >= 0.3 is 0 Å². The fraction of sp³-hybridized carbons (Fsp3) is 1.00. The summed E-state index contributed by atoms with van der Waals surface area (Å²) < 4.78 is 0. The Kier molecular flexibility index (Phi) is 1.68. The topological polar surface area (TPSA) is 3.24 Å². The summed E-state index contributed by atoms with van der Waals surface area (Å²) >= 11 is 0. The van der Waals surface area contributed by atoms with Crippen molar-refractivity contribution in [3.63, 3.8) is 0 Å². The average Bonchev–Trinajstić information content (AvgIpc) is 2.94. The molecule has 14 heavy (non-hydrogen) atoms. The Bertz CT molecular complexity index is 250. The minimum absolute atomic E-state index is 0.756. The van der Waals surface area contributed by atoms with Gasteiger partial charge in [-0.2, -0.15) is 0 Å². The summed E-state index contributed by atoms with van der Waals surface area (Å²) in [6, 6.07) is 1.66. The normalized spacial score (nSPS) is 43.7. The van der Waals surface area contributed by atoms with Crippen LogP contribution in [0.4, 0.5) is 0 Å². The third-order valence-corrected chi connectivity index (χ3v) is 5.06. The van der Waals surface area contributed by atoms with Gasteiger partial charge in [0.05, 0.1) is 0 Å². The van der Waals surface area contributed by atoms with Crippen LogP contribution in [0.1, 0.15) is 40.5 Å². The van der Waals surface area contributed by atoms with Crippen LogP contribution in [0, 0.1) is 23.2 Å². The summed E-state index contributed by atoms with van der Waals surface area (Å²) in [6.07, 6.45) is 3.11. The van der Waals surface area contributed by atoms with Crippen molar-refractivity contribution < 1.29 is 0 Å². The molecule has 0 aromatic rings. The first-order valence-corrected chi connectivity index (χ1v) is 6.33. The van der Waals surface area contributed by atoms with Crippen molar-refractivity contribution in [2.75, 3.05) is 6.54 Å². The third kappa shape index (κ3) is 0.946. The van der Waals surface area contributed by atoms with Crippen LogP contribution in [0.25, 0.3) is 0 Å². The molecule has 3 aliphatic rings. The summed E-state index contributed by atoms with van der Waals surface area (Å²) in [4.78, 5) is 2.77. The molecule has 3 fully saturated rings. The highest BCUT2D eigenvalue weighted by molar-refractivity contribution is 5.27. The molecule has 1 aliphatic heterocycles. The lowest BCUT2D eigenvalue weighted by Gasteiger charge is -2.35. The number of piperidine rings is 1. The van der Waals surface area contributed by atoms with E-state index in [-0.39, 0.29) is 0 Å². The molecular weight excluding hydrogens is 170 g/mol. The number of likely N-dealkylation sites (tertiary alicyclic amines) is 1. The van der Waals surface area contributed by atoms with Crippen molar-refractivity contribution in [3.05, 3.63) is 0 Å². The maximum atomic E-state index is 2.77. The summed E-state index contributed by atoms with van der Waals surface area (Å²) in [5.74, 6) is 3.04. The van der Waals surface area contributed by atoms with Gasteiger partial charge in [0.15, 0.2) is 0 Å². The Labute approximate surface area is 87.9 Å². The van der Waals surface area contributed by atoms with Crippen LogP contribution in [-0.2, 0) is 0 Å². The van der Waals surface area contributed by atoms with Gasteiger partial charge in [0.1, 0.15) is 0 Å². The molecule has 1 heterocycles. The zero-order valence-electron chi connectivity index (χ0n) is 9.96. The lowest BCUT2D eigenvalue weighted by Crippen LogP contribution is -2.42. The highest BCUT2D eigenvalue weighted by Gasteiger charge is 2.77. The van der Waals surface area contributed by atoms with Gasteiger partial charge in [-0.15, -0.1) is 0 Å². The zero-order valence-corrected chi connectivity index (χ0v) is 9.96. The lowest BCUT2D eigenvalue weighted by atomic mass is 9.96. The Hall–Kier alpha value is -0.0400. The molecular formula is C13H23N. The van der Waals surface area contributed by atoms with E-state index in [1.54, 1.807) is 12.8 Å². The second kappa shape index (κ2) is 2.55. The molecule has 1 saturated heterocycles. The summed E-state index contributed by atoms with van der Waals surface area (Å²) in [7, 11) is 0. The molecule has 2 aliphatic carbocycles. The molecule has 80 valence electrons. The molecule has 1 spiro atoms. The molecule has 0 radical (unpaired) electrons. The Morgan fingerprint density at radius 1 is 1.14 bits per heavy atom. The Morgan fingerprint density at radius 2 is 1.79 bits per heavy atom. The van der Waals surface area contributed by atoms with Crippen LogP contribution < -0.4 is 0 Å². The molecule has 2 saturated carbocycles. The first kappa shape index (κ1) is 9.21. The van der Waals surface area contributed by atoms with E-state index in [9.17, 15) is 0 Å². The Morgan fingerprint density at radius 3 is 2.21 bits per heavy atom. The van der Waals surface area contributed by atoms with Crippen molar-refractivity contribution in [2.45, 2.75) is 52.6 Å². The van der Waals surface area contributed by atoms with E-state index in [0.717, 1.165) is 35.3 Å². The highest BCUT2D eigenvalue weighted by atomic mass is 15.3. The molecule has 1 heteroatoms. The minimum Gasteiger partial charge on any atom is -0.297 e. The van der Waals surface area contributed by atoms with Gasteiger partial charge in [-0.1, -0.05) is 13.8 Å². The second-order valence-corrected chi connectivity index (χ2v) is 6.39. The van der Waals surface area contributed by atoms with E-state index in [2.05, 4.69) is 32.6 Å². The molecule has 0 aromatic heterocycles. The van der Waals surface area contributed by atoms with Gasteiger partial charge in [0, 0.05) is 18.6 Å². The van der Waals surface area contributed by atoms with Gasteiger partial charge < -0.3 is 0 Å². The number of hydrogen-bond acceptors (Lipinski definition) is 1. The van der Waals surface area contributed by atoms with Crippen molar-refractivity contribution >= 4 is 0 Å². The molecule has 1 nitrogen and oxygen atoms in total. The first-order valence-electron chi connectivity index (χ1n) is 6.33. The average molecular weight is 193 g/mol. The van der Waals surface area contributed by atoms with Gasteiger partial charge in [0.2, 0.25) is 0 Å². The summed E-state index contributed by atoms with van der Waals surface area (Å²) in [5, 5.41) is 0. The van der Waals surface area contributed by atoms with Crippen LogP contribution in [0.2, 0.25) is 0 Å². The monoisotopic (exact) mass is 193 g/mol. The van der Waals surface area contributed by atoms with Crippen molar-refractivity contribution in [3.8, 4) is 0 Å². The minimum atomic E-state index is 0.756. The highest BCUT2D eigenvalue weighted by Crippen LogP contribution is 2.79. The van der Waals surface area contributed by atoms with E-state index in [0.29, 0.717) is 0 Å². The predicted molar refractivity (Wildman–Crippen MR) is 59.1 cm³/mol. The van der Waals surface area contributed by atoms with Crippen molar-refractivity contribution in [2.24, 2.45) is 23.2 Å². The quantitative estimate of drug-likeness (QED) is 0.652. The Balaban J connectivity index is 1.80. The van der Waals surface area contributed by atoms with Crippen LogP contribution in [0.5, 0.6) is 0 Å². The van der Waals surface area contributed by atoms with E-state index >= 15 is 0 Å². The lowest BCUT2D eigenvalue weighted by molar-refractivity contribution is 0.122. The fourth-order valence-corrected chi connectivity index (χ4v) is 4.24. The molecule has 3 atom stereocenters. The van der Waals surface area contributed by atoms with E-state index < -0.39 is 0 Å². The summed E-state index contributed by atoms with van der Waals surface area (Å²) in [5.41, 5.74) is 0.889. The standard InChI is InChI=1S/C13H23N/c1-8(2)12-11-10(13(11)5-6-13)7-14(12)9(3)4/h8-12H,5-7H2,1-4H3/t10-,11-,12+/m0/s1. The van der Waals surface area contributed by atoms with E-state index in [4.69, 9.17) is 0 Å². The summed E-state index contributed by atoms with van der Waals surface area (Å²) in [6.45, 7) is 11.0. The van der Waals surface area contributed by atoms with Gasteiger partial charge in [-0.25, -0.2) is 0 Å². The number of hydrogen-bond donors (Lipinski definition) is 0. The second-order valence-electron chi connectivity index (χ2n) is 6.39. The van der Waals surface area contributed by atoms with E-state index in [1.807, 2.05) is 0 Å². The molecule has 0 unspecified atom stereocenters. The SMILES string of the molecule is CC(C)[C@@H]1[C@@H]2[C@H](CN1C(C)C)C21CC1. The number of fused-ring (bicyclic) bond motifs is 3. The molecule has 3 rings (SSSR count). The largest absolute Gasteiger partial charge is 0.297 e. The fourth-order valence-electron chi connectivity index (χ4n) is 4.24. The number of nitrogens with zero attached hydrogens (tertiary/aromatic N) is 1. The van der Waals surface area contributed by atoms with Crippen molar-refractivity contribution in [1.29, 1.82) is 0 Å². The number of rotatable bonds is 2. The maximum Gasteiger partial charge on any atom is 0.0158 e. The van der Waals surface area contributed by atoms with Crippen LogP contribution in [0.15, 0.2) is 0 Å². The van der Waals surface area contributed by atoms with Crippen molar-refractivity contribution in [1.82, 2.24) is 4.90 Å². The van der Waals surface area contributed by atoms with Gasteiger partial charge in [0.25, 0.3) is 0 Å². The smallest absolute Gasteiger partial charge is 0.0158 e. The zero-order chi connectivity index (χ0) is 10.1. The van der Waals surface area contributed by atoms with Gasteiger partial charge in [-0.05, 0) is 49.9 Å². The predicted octanol–water partition coefficient (Wildman–Crippen LogP) is 2.76. The van der Waals surface area contributed by atoms with Crippen LogP contribution in [-0.4, -0.2) is 23.5 Å².